The topological polar surface area (TPSA) is 113 Å². The van der Waals surface area contributed by atoms with E-state index in [0.29, 0.717) is 58.4 Å². The summed E-state index contributed by atoms with van der Waals surface area (Å²) >= 11 is 0. The van der Waals surface area contributed by atoms with Gasteiger partial charge in [0, 0.05) is 23.2 Å². The second-order valence-electron chi connectivity index (χ2n) is 9.52. The third-order valence-corrected chi connectivity index (χ3v) is 7.61. The Labute approximate surface area is 224 Å². The SMILES string of the molecule is COc1ccc2c(c1OC)C(=O)OC2[C@H]1c2c(c(-c3cccc(C(=O)O)c3)c3c(c2OC)OCO3)CCN1C. The monoisotopic (exact) mass is 533 g/mol. The molecule has 0 bridgehead atoms. The zero-order chi connectivity index (χ0) is 27.4. The van der Waals surface area contributed by atoms with Gasteiger partial charge in [-0.15, -0.1) is 0 Å². The molecule has 0 radical (unpaired) electrons. The fourth-order valence-electron chi connectivity index (χ4n) is 5.94. The highest BCUT2D eigenvalue weighted by Gasteiger charge is 2.47. The van der Waals surface area contributed by atoms with Gasteiger partial charge in [-0.1, -0.05) is 18.2 Å². The Morgan fingerprint density at radius 1 is 1.00 bits per heavy atom. The van der Waals surface area contributed by atoms with Crippen LogP contribution in [0.4, 0.5) is 0 Å². The van der Waals surface area contributed by atoms with E-state index in [1.54, 1.807) is 31.4 Å². The zero-order valence-corrected chi connectivity index (χ0v) is 21.9. The molecule has 6 rings (SSSR count). The molecule has 0 fully saturated rings. The van der Waals surface area contributed by atoms with E-state index in [1.165, 1.54) is 14.2 Å². The van der Waals surface area contributed by atoms with Crippen LogP contribution >= 0.6 is 0 Å². The standard InChI is InChI=1S/C29H27NO9/c1-30-11-10-16-19(14-6-5-7-15(12-14)28(31)32)26-27(38-13-37-26)25(36-4)20(16)22(30)23-17-8-9-18(34-2)24(35-3)21(17)29(33)39-23/h5-9,12,22-23H,10-11,13H2,1-4H3,(H,31,32)/t22-,23?/m1/s1. The fourth-order valence-corrected chi connectivity index (χ4v) is 5.94. The molecule has 0 saturated heterocycles. The first-order valence-corrected chi connectivity index (χ1v) is 12.4. The van der Waals surface area contributed by atoms with Crippen LogP contribution < -0.4 is 23.7 Å². The highest BCUT2D eigenvalue weighted by molar-refractivity contribution is 5.98. The van der Waals surface area contributed by atoms with Crippen molar-refractivity contribution in [2.45, 2.75) is 18.6 Å². The van der Waals surface area contributed by atoms with Crippen LogP contribution in [0.15, 0.2) is 36.4 Å². The highest BCUT2D eigenvalue weighted by atomic mass is 16.7. The maximum atomic E-state index is 13.2. The van der Waals surface area contributed by atoms with Crippen molar-refractivity contribution in [3.63, 3.8) is 0 Å². The third-order valence-electron chi connectivity index (χ3n) is 7.61. The van der Waals surface area contributed by atoms with Crippen molar-refractivity contribution in [2.24, 2.45) is 0 Å². The summed E-state index contributed by atoms with van der Waals surface area (Å²) in [5, 5.41) is 9.64. The molecule has 39 heavy (non-hydrogen) atoms. The van der Waals surface area contributed by atoms with Crippen molar-refractivity contribution in [3.8, 4) is 39.9 Å². The Kier molecular flexibility index (Phi) is 5.99. The van der Waals surface area contributed by atoms with Crippen molar-refractivity contribution in [3.05, 3.63) is 64.2 Å². The van der Waals surface area contributed by atoms with E-state index in [2.05, 4.69) is 4.90 Å². The number of benzene rings is 3. The van der Waals surface area contributed by atoms with Crippen molar-refractivity contribution >= 4 is 11.9 Å². The van der Waals surface area contributed by atoms with Gasteiger partial charge >= 0.3 is 11.9 Å². The number of esters is 1. The normalized spacial score (nSPS) is 19.2. The molecule has 0 aromatic heterocycles. The minimum Gasteiger partial charge on any atom is -0.493 e. The Hall–Kier alpha value is -4.44. The number of likely N-dealkylation sites (N-methyl/N-ethyl adjacent to an activating group) is 1. The maximum Gasteiger partial charge on any atom is 0.343 e. The van der Waals surface area contributed by atoms with E-state index < -0.39 is 24.1 Å². The van der Waals surface area contributed by atoms with Crippen LogP contribution in [0.2, 0.25) is 0 Å². The van der Waals surface area contributed by atoms with Crippen molar-refractivity contribution in [1.82, 2.24) is 4.90 Å². The van der Waals surface area contributed by atoms with Crippen LogP contribution in [-0.4, -0.2) is 63.7 Å². The molecule has 3 aromatic rings. The van der Waals surface area contributed by atoms with E-state index >= 15 is 0 Å². The van der Waals surface area contributed by atoms with Crippen LogP contribution in [0, 0.1) is 0 Å². The fraction of sp³-hybridized carbons (Fsp3) is 0.310. The molecule has 2 atom stereocenters. The van der Waals surface area contributed by atoms with E-state index in [9.17, 15) is 14.7 Å². The average molecular weight is 534 g/mol. The van der Waals surface area contributed by atoms with Crippen LogP contribution in [0.25, 0.3) is 11.1 Å². The van der Waals surface area contributed by atoms with Gasteiger partial charge in [0.25, 0.3) is 0 Å². The minimum atomic E-state index is -1.02. The van der Waals surface area contributed by atoms with E-state index in [-0.39, 0.29) is 12.4 Å². The second-order valence-corrected chi connectivity index (χ2v) is 9.52. The lowest BCUT2D eigenvalue weighted by Crippen LogP contribution is -2.36. The molecule has 3 aromatic carbocycles. The first-order chi connectivity index (χ1) is 18.9. The third kappa shape index (κ3) is 3.66. The zero-order valence-electron chi connectivity index (χ0n) is 21.9. The molecule has 0 aliphatic carbocycles. The number of aromatic carboxylic acids is 1. The second kappa shape index (κ2) is 9.39. The molecule has 0 saturated carbocycles. The smallest absolute Gasteiger partial charge is 0.343 e. The molecule has 10 nitrogen and oxygen atoms in total. The lowest BCUT2D eigenvalue weighted by molar-refractivity contribution is 0.00876. The summed E-state index contributed by atoms with van der Waals surface area (Å²) in [6.45, 7) is 0.641. The van der Waals surface area contributed by atoms with Gasteiger partial charge in [0.05, 0.1) is 32.9 Å². The van der Waals surface area contributed by atoms with E-state index in [1.807, 2.05) is 19.2 Å². The predicted molar refractivity (Wildman–Crippen MR) is 138 cm³/mol. The van der Waals surface area contributed by atoms with Gasteiger partial charge < -0.3 is 33.5 Å². The average Bonchev–Trinajstić information content (AvgIpc) is 3.55. The Morgan fingerprint density at radius 2 is 1.77 bits per heavy atom. The van der Waals surface area contributed by atoms with Gasteiger partial charge in [-0.05, 0) is 42.8 Å². The number of rotatable bonds is 6. The predicted octanol–water partition coefficient (Wildman–Crippen LogP) is 4.25. The van der Waals surface area contributed by atoms with Gasteiger partial charge in [0.15, 0.2) is 23.0 Å². The summed E-state index contributed by atoms with van der Waals surface area (Å²) in [4.78, 5) is 27.1. The van der Waals surface area contributed by atoms with Crippen LogP contribution in [-0.2, 0) is 11.2 Å². The summed E-state index contributed by atoms with van der Waals surface area (Å²) in [5.74, 6) is 0.677. The number of carbonyl (C=O) groups is 2. The molecule has 3 aliphatic rings. The van der Waals surface area contributed by atoms with Crippen LogP contribution in [0.1, 0.15) is 49.6 Å². The summed E-state index contributed by atoms with van der Waals surface area (Å²) < 4.78 is 34.8. The van der Waals surface area contributed by atoms with Crippen molar-refractivity contribution in [1.29, 1.82) is 0 Å². The maximum absolute atomic E-state index is 13.2. The van der Waals surface area contributed by atoms with Crippen molar-refractivity contribution < 1.29 is 43.1 Å². The number of carboxylic acid groups (broad SMARTS) is 1. The van der Waals surface area contributed by atoms with Gasteiger partial charge in [0.1, 0.15) is 11.7 Å². The number of hydrogen-bond donors (Lipinski definition) is 1. The van der Waals surface area contributed by atoms with Crippen LogP contribution in [0.5, 0.6) is 28.7 Å². The van der Waals surface area contributed by atoms with E-state index in [0.717, 1.165) is 16.7 Å². The summed E-state index contributed by atoms with van der Waals surface area (Å²) in [6, 6.07) is 9.88. The molecule has 1 N–H and O–H groups in total. The minimum absolute atomic E-state index is 0.00104. The molecule has 0 amide bonds. The number of ether oxygens (including phenoxy) is 6. The van der Waals surface area contributed by atoms with Gasteiger partial charge in [-0.2, -0.15) is 0 Å². The van der Waals surface area contributed by atoms with E-state index in [4.69, 9.17) is 28.4 Å². The number of cyclic esters (lactones) is 1. The molecular formula is C29H27NO9. The highest BCUT2D eigenvalue weighted by Crippen LogP contribution is 2.58. The first-order valence-electron chi connectivity index (χ1n) is 12.4. The Bertz CT molecular complexity index is 1520. The molecule has 3 aliphatic heterocycles. The number of carboxylic acids is 1. The van der Waals surface area contributed by atoms with Crippen LogP contribution in [0.3, 0.4) is 0 Å². The lowest BCUT2D eigenvalue weighted by Gasteiger charge is -2.39. The largest absolute Gasteiger partial charge is 0.493 e. The van der Waals surface area contributed by atoms with Gasteiger partial charge in [-0.3, -0.25) is 4.90 Å². The summed E-state index contributed by atoms with van der Waals surface area (Å²) in [5.41, 5.74) is 4.32. The number of hydrogen-bond acceptors (Lipinski definition) is 9. The quantitative estimate of drug-likeness (QED) is 0.462. The Balaban J connectivity index is 1.60. The summed E-state index contributed by atoms with van der Waals surface area (Å²) in [7, 11) is 6.54. The molecule has 3 heterocycles. The van der Waals surface area contributed by atoms with Gasteiger partial charge in [0.2, 0.25) is 12.5 Å². The lowest BCUT2D eigenvalue weighted by atomic mass is 9.81. The number of methoxy groups -OCH3 is 3. The Morgan fingerprint density at radius 3 is 2.49 bits per heavy atom. The van der Waals surface area contributed by atoms with Gasteiger partial charge in [-0.25, -0.2) is 9.59 Å². The molecule has 202 valence electrons. The summed E-state index contributed by atoms with van der Waals surface area (Å²) in [6.07, 6.45) is -0.0506. The van der Waals surface area contributed by atoms with Crippen molar-refractivity contribution in [2.75, 3.05) is 41.7 Å². The number of nitrogens with zero attached hydrogens (tertiary/aromatic N) is 1. The number of carbonyl (C=O) groups excluding carboxylic acids is 1. The molecule has 0 spiro atoms. The molecular weight excluding hydrogens is 506 g/mol. The molecule has 10 heteroatoms. The molecule has 1 unspecified atom stereocenters. The number of fused-ring (bicyclic) bond motifs is 3. The first kappa shape index (κ1) is 24.9.